The first-order valence-electron chi connectivity index (χ1n) is 7.75. The molecule has 0 atom stereocenters. The van der Waals surface area contributed by atoms with Crippen LogP contribution in [0.4, 0.5) is 0 Å². The van der Waals surface area contributed by atoms with Crippen molar-refractivity contribution in [2.24, 2.45) is 0 Å². The van der Waals surface area contributed by atoms with E-state index in [2.05, 4.69) is 33.8 Å². The number of pyridine rings is 1. The molecule has 0 aliphatic heterocycles. The fourth-order valence-electron chi connectivity index (χ4n) is 2.07. The Kier molecular flexibility index (Phi) is 8.15. The van der Waals surface area contributed by atoms with Crippen molar-refractivity contribution < 1.29 is 13.2 Å². The molecular formula is C15H26N4O3S. The topological polar surface area (TPSA) is 91.4 Å². The highest BCUT2D eigenvalue weighted by Crippen LogP contribution is 2.02. The van der Waals surface area contributed by atoms with Crippen LogP contribution < -0.4 is 10.0 Å². The van der Waals surface area contributed by atoms with Crippen LogP contribution in [-0.2, 0) is 16.6 Å². The molecule has 0 aromatic carbocycles. The van der Waals surface area contributed by atoms with Gasteiger partial charge in [0.05, 0.1) is 18.5 Å². The van der Waals surface area contributed by atoms with Crippen LogP contribution in [0.3, 0.4) is 0 Å². The van der Waals surface area contributed by atoms with E-state index in [9.17, 15) is 13.2 Å². The van der Waals surface area contributed by atoms with Gasteiger partial charge in [-0.1, -0.05) is 13.8 Å². The van der Waals surface area contributed by atoms with E-state index in [1.165, 1.54) is 6.20 Å². The van der Waals surface area contributed by atoms with Gasteiger partial charge in [0.2, 0.25) is 10.0 Å². The lowest BCUT2D eigenvalue weighted by atomic mass is 10.2. The van der Waals surface area contributed by atoms with Gasteiger partial charge in [-0.05, 0) is 38.2 Å². The SMILES string of the molecule is CCN(CC)CCCNC(=O)c1ccnc(CNS(C)(=O)=O)c1. The second-order valence-electron chi connectivity index (χ2n) is 5.27. The fraction of sp³-hybridized carbons (Fsp3) is 0.600. The molecule has 0 spiro atoms. The maximum Gasteiger partial charge on any atom is 0.251 e. The minimum Gasteiger partial charge on any atom is -0.352 e. The number of carbonyl (C=O) groups is 1. The van der Waals surface area contributed by atoms with Gasteiger partial charge in [-0.25, -0.2) is 13.1 Å². The summed E-state index contributed by atoms with van der Waals surface area (Å²) in [7, 11) is -3.28. The normalized spacial score (nSPS) is 11.7. The van der Waals surface area contributed by atoms with Crippen molar-refractivity contribution in [3.05, 3.63) is 29.6 Å². The van der Waals surface area contributed by atoms with Crippen LogP contribution in [0.5, 0.6) is 0 Å². The molecule has 1 aromatic rings. The van der Waals surface area contributed by atoms with Crippen LogP contribution in [0.2, 0.25) is 0 Å². The fourth-order valence-corrected chi connectivity index (χ4v) is 2.48. The second kappa shape index (κ2) is 9.59. The molecule has 1 rings (SSSR count). The molecule has 23 heavy (non-hydrogen) atoms. The Bertz CT molecular complexity index is 600. The largest absolute Gasteiger partial charge is 0.352 e. The van der Waals surface area contributed by atoms with Crippen molar-refractivity contribution in [1.82, 2.24) is 19.9 Å². The monoisotopic (exact) mass is 342 g/mol. The first-order valence-corrected chi connectivity index (χ1v) is 9.65. The summed E-state index contributed by atoms with van der Waals surface area (Å²) in [4.78, 5) is 18.4. The minimum absolute atomic E-state index is 0.0713. The highest BCUT2D eigenvalue weighted by atomic mass is 32.2. The van der Waals surface area contributed by atoms with E-state index in [1.54, 1.807) is 12.1 Å². The first-order chi connectivity index (χ1) is 10.9. The second-order valence-corrected chi connectivity index (χ2v) is 7.10. The molecule has 0 fully saturated rings. The Morgan fingerprint density at radius 2 is 2.00 bits per heavy atom. The van der Waals surface area contributed by atoms with Crippen LogP contribution in [0.1, 0.15) is 36.3 Å². The van der Waals surface area contributed by atoms with Crippen LogP contribution in [0.25, 0.3) is 0 Å². The van der Waals surface area contributed by atoms with Gasteiger partial charge in [0.25, 0.3) is 5.91 Å². The molecule has 1 aromatic heterocycles. The highest BCUT2D eigenvalue weighted by molar-refractivity contribution is 7.88. The Morgan fingerprint density at radius 3 is 2.61 bits per heavy atom. The van der Waals surface area contributed by atoms with Gasteiger partial charge < -0.3 is 10.2 Å². The van der Waals surface area contributed by atoms with Gasteiger partial charge in [0.15, 0.2) is 0 Å². The minimum atomic E-state index is -3.28. The zero-order chi connectivity index (χ0) is 17.3. The highest BCUT2D eigenvalue weighted by Gasteiger charge is 2.08. The molecular weight excluding hydrogens is 316 g/mol. The number of rotatable bonds is 10. The lowest BCUT2D eigenvalue weighted by Gasteiger charge is -2.17. The van der Waals surface area contributed by atoms with Gasteiger partial charge in [-0.3, -0.25) is 9.78 Å². The summed E-state index contributed by atoms with van der Waals surface area (Å²) in [6.07, 6.45) is 3.48. The van der Waals surface area contributed by atoms with Crippen molar-refractivity contribution in [2.45, 2.75) is 26.8 Å². The third-order valence-electron chi connectivity index (χ3n) is 3.43. The van der Waals surface area contributed by atoms with Gasteiger partial charge in [-0.15, -0.1) is 0 Å². The number of sulfonamides is 1. The van der Waals surface area contributed by atoms with Crippen molar-refractivity contribution in [1.29, 1.82) is 0 Å². The molecule has 1 heterocycles. The summed E-state index contributed by atoms with van der Waals surface area (Å²) < 4.78 is 24.5. The standard InChI is InChI=1S/C15H26N4O3S/c1-4-19(5-2)10-6-8-17-15(20)13-7-9-16-14(11-13)12-18-23(3,21)22/h7,9,11,18H,4-6,8,10,12H2,1-3H3,(H,17,20). The van der Waals surface area contributed by atoms with Crippen molar-refractivity contribution in [3.8, 4) is 0 Å². The number of nitrogens with zero attached hydrogens (tertiary/aromatic N) is 2. The summed E-state index contributed by atoms with van der Waals surface area (Å²) in [5.74, 6) is -0.174. The molecule has 0 saturated carbocycles. The molecule has 0 unspecified atom stereocenters. The van der Waals surface area contributed by atoms with Crippen molar-refractivity contribution >= 4 is 15.9 Å². The third-order valence-corrected chi connectivity index (χ3v) is 4.09. The number of aromatic nitrogens is 1. The average Bonchev–Trinajstić information content (AvgIpc) is 2.52. The van der Waals surface area contributed by atoms with Crippen molar-refractivity contribution in [3.63, 3.8) is 0 Å². The lowest BCUT2D eigenvalue weighted by molar-refractivity contribution is 0.0951. The first kappa shape index (κ1) is 19.5. The van der Waals surface area contributed by atoms with E-state index in [1.807, 2.05) is 0 Å². The van der Waals surface area contributed by atoms with Crippen LogP contribution in [-0.4, -0.2) is 56.6 Å². The molecule has 2 N–H and O–H groups in total. The quantitative estimate of drug-likeness (QED) is 0.607. The van der Waals surface area contributed by atoms with E-state index < -0.39 is 10.0 Å². The Morgan fingerprint density at radius 1 is 1.30 bits per heavy atom. The van der Waals surface area contributed by atoms with Gasteiger partial charge in [0, 0.05) is 18.3 Å². The zero-order valence-corrected chi connectivity index (χ0v) is 14.8. The molecule has 0 aliphatic rings. The molecule has 1 amide bonds. The van der Waals surface area contributed by atoms with Gasteiger partial charge in [-0.2, -0.15) is 0 Å². The maximum atomic E-state index is 12.1. The summed E-state index contributed by atoms with van der Waals surface area (Å²) in [6.45, 7) is 7.87. The molecule has 7 nitrogen and oxygen atoms in total. The smallest absolute Gasteiger partial charge is 0.251 e. The number of hydrogen-bond donors (Lipinski definition) is 2. The predicted molar refractivity (Wildman–Crippen MR) is 90.7 cm³/mol. The predicted octanol–water partition coefficient (Wildman–Crippen LogP) is 0.593. The lowest BCUT2D eigenvalue weighted by Crippen LogP contribution is -2.30. The van der Waals surface area contributed by atoms with E-state index in [4.69, 9.17) is 0 Å². The molecule has 130 valence electrons. The van der Waals surface area contributed by atoms with Crippen molar-refractivity contribution in [2.75, 3.05) is 32.4 Å². The summed E-state index contributed by atoms with van der Waals surface area (Å²) in [6, 6.07) is 3.21. The third kappa shape index (κ3) is 8.06. The Balaban J connectivity index is 2.47. The summed E-state index contributed by atoms with van der Waals surface area (Å²) >= 11 is 0. The molecule has 0 radical (unpaired) electrons. The van der Waals surface area contributed by atoms with Gasteiger partial charge >= 0.3 is 0 Å². The molecule has 8 heteroatoms. The number of carbonyl (C=O) groups excluding carboxylic acids is 1. The van der Waals surface area contributed by atoms with E-state index in [0.717, 1.165) is 32.3 Å². The summed E-state index contributed by atoms with van der Waals surface area (Å²) in [5.41, 5.74) is 0.986. The van der Waals surface area contributed by atoms with E-state index in [0.29, 0.717) is 17.8 Å². The average molecular weight is 342 g/mol. The van der Waals surface area contributed by atoms with Crippen LogP contribution >= 0.6 is 0 Å². The van der Waals surface area contributed by atoms with E-state index in [-0.39, 0.29) is 12.5 Å². The number of nitrogens with one attached hydrogen (secondary N) is 2. The number of amides is 1. The van der Waals surface area contributed by atoms with E-state index >= 15 is 0 Å². The van der Waals surface area contributed by atoms with Crippen LogP contribution in [0, 0.1) is 0 Å². The Hall–Kier alpha value is -1.51. The van der Waals surface area contributed by atoms with Gasteiger partial charge in [0.1, 0.15) is 0 Å². The Labute approximate surface area is 138 Å². The maximum absolute atomic E-state index is 12.1. The van der Waals surface area contributed by atoms with Crippen LogP contribution in [0.15, 0.2) is 18.3 Å². The zero-order valence-electron chi connectivity index (χ0n) is 14.0. The summed E-state index contributed by atoms with van der Waals surface area (Å²) in [5, 5.41) is 2.87. The molecule has 0 saturated heterocycles. The molecule has 0 aliphatic carbocycles. The molecule has 0 bridgehead atoms. The number of hydrogen-bond acceptors (Lipinski definition) is 5.